The fourth-order valence-corrected chi connectivity index (χ4v) is 3.09. The molecule has 13 heavy (non-hydrogen) atoms. The maximum Gasteiger partial charge on any atom is 0.133 e. The van der Waals surface area contributed by atoms with Crippen LogP contribution in [0.25, 0.3) is 0 Å². The van der Waals surface area contributed by atoms with Crippen LogP contribution >= 0.6 is 39.0 Å². The Balaban J connectivity index is 2.40. The molecule has 1 aromatic heterocycles. The SMILES string of the molecule is CC(CCSC#N)c1ccc(Br)s1. The molecule has 0 aliphatic heterocycles. The number of thiocyanates is 1. The van der Waals surface area contributed by atoms with E-state index in [0.717, 1.165) is 12.2 Å². The van der Waals surface area contributed by atoms with Crippen molar-refractivity contribution in [1.82, 2.24) is 0 Å². The first-order chi connectivity index (χ1) is 6.24. The summed E-state index contributed by atoms with van der Waals surface area (Å²) in [5, 5.41) is 10.5. The van der Waals surface area contributed by atoms with Crippen molar-refractivity contribution in [3.05, 3.63) is 20.8 Å². The molecule has 0 aromatic carbocycles. The highest BCUT2D eigenvalue weighted by atomic mass is 79.9. The zero-order valence-electron chi connectivity index (χ0n) is 7.29. The van der Waals surface area contributed by atoms with Crippen LogP contribution in [0.3, 0.4) is 0 Å². The van der Waals surface area contributed by atoms with E-state index in [2.05, 4.69) is 40.4 Å². The Morgan fingerprint density at radius 3 is 3.00 bits per heavy atom. The summed E-state index contributed by atoms with van der Waals surface area (Å²) in [4.78, 5) is 1.39. The molecule has 0 saturated heterocycles. The first kappa shape index (κ1) is 11.1. The Kier molecular flexibility index (Phi) is 4.86. The first-order valence-electron chi connectivity index (χ1n) is 4.00. The van der Waals surface area contributed by atoms with E-state index in [0.29, 0.717) is 5.92 Å². The number of halogens is 1. The van der Waals surface area contributed by atoms with Crippen LogP contribution in [0, 0.1) is 10.7 Å². The maximum atomic E-state index is 8.36. The van der Waals surface area contributed by atoms with Crippen LogP contribution in [-0.2, 0) is 0 Å². The Labute approximate surface area is 95.3 Å². The van der Waals surface area contributed by atoms with Gasteiger partial charge >= 0.3 is 0 Å². The van der Waals surface area contributed by atoms with E-state index in [4.69, 9.17) is 5.26 Å². The Hall–Kier alpha value is 0.0200. The fraction of sp³-hybridized carbons (Fsp3) is 0.444. The average Bonchev–Trinajstić information content (AvgIpc) is 2.52. The van der Waals surface area contributed by atoms with Crippen molar-refractivity contribution in [3.63, 3.8) is 0 Å². The number of nitrogens with zero attached hydrogens (tertiary/aromatic N) is 1. The van der Waals surface area contributed by atoms with Crippen molar-refractivity contribution in [3.8, 4) is 5.40 Å². The molecule has 1 aromatic rings. The minimum absolute atomic E-state index is 0.567. The third kappa shape index (κ3) is 3.72. The molecule has 70 valence electrons. The minimum Gasteiger partial charge on any atom is -0.185 e. The number of nitriles is 1. The van der Waals surface area contributed by atoms with Gasteiger partial charge in [-0.25, -0.2) is 0 Å². The van der Waals surface area contributed by atoms with Crippen LogP contribution in [0.4, 0.5) is 0 Å². The predicted molar refractivity (Wildman–Crippen MR) is 63.1 cm³/mol. The maximum absolute atomic E-state index is 8.36. The minimum atomic E-state index is 0.567. The van der Waals surface area contributed by atoms with Crippen molar-refractivity contribution in [2.75, 3.05) is 5.75 Å². The molecule has 0 spiro atoms. The molecule has 0 saturated carbocycles. The van der Waals surface area contributed by atoms with E-state index in [9.17, 15) is 0 Å². The van der Waals surface area contributed by atoms with E-state index in [-0.39, 0.29) is 0 Å². The van der Waals surface area contributed by atoms with Gasteiger partial charge in [0.1, 0.15) is 5.40 Å². The van der Waals surface area contributed by atoms with Gasteiger partial charge in [0.05, 0.1) is 3.79 Å². The van der Waals surface area contributed by atoms with E-state index >= 15 is 0 Å². The summed E-state index contributed by atoms with van der Waals surface area (Å²) in [6.07, 6.45) is 1.07. The molecular weight excluding hydrogens is 266 g/mol. The van der Waals surface area contributed by atoms with Gasteiger partial charge in [0, 0.05) is 10.6 Å². The van der Waals surface area contributed by atoms with Crippen molar-refractivity contribution >= 4 is 39.0 Å². The van der Waals surface area contributed by atoms with Gasteiger partial charge in [-0.1, -0.05) is 6.92 Å². The quantitative estimate of drug-likeness (QED) is 0.607. The number of rotatable bonds is 4. The molecule has 1 heterocycles. The number of thiophene rings is 1. The van der Waals surface area contributed by atoms with E-state index in [1.165, 1.54) is 20.4 Å². The number of hydrogen-bond donors (Lipinski definition) is 0. The summed E-state index contributed by atoms with van der Waals surface area (Å²) in [5.74, 6) is 1.49. The normalized spacial score (nSPS) is 12.4. The highest BCUT2D eigenvalue weighted by Gasteiger charge is 2.07. The van der Waals surface area contributed by atoms with Crippen molar-refractivity contribution in [1.29, 1.82) is 5.26 Å². The molecule has 1 nitrogen and oxygen atoms in total. The molecule has 1 unspecified atom stereocenters. The summed E-state index contributed by atoms with van der Waals surface area (Å²) in [6.45, 7) is 2.20. The second-order valence-electron chi connectivity index (χ2n) is 2.77. The molecule has 0 aliphatic rings. The van der Waals surface area contributed by atoms with E-state index < -0.39 is 0 Å². The van der Waals surface area contributed by atoms with Crippen molar-refractivity contribution in [2.24, 2.45) is 0 Å². The van der Waals surface area contributed by atoms with E-state index in [1.807, 2.05) is 0 Å². The summed E-state index contributed by atoms with van der Waals surface area (Å²) in [5.41, 5.74) is 0. The van der Waals surface area contributed by atoms with Crippen LogP contribution in [0.1, 0.15) is 24.1 Å². The smallest absolute Gasteiger partial charge is 0.133 e. The molecule has 4 heteroatoms. The van der Waals surface area contributed by atoms with Gasteiger partial charge in [-0.2, -0.15) is 5.26 Å². The molecule has 0 bridgehead atoms. The Bertz CT molecular complexity index is 303. The van der Waals surface area contributed by atoms with Crippen molar-refractivity contribution in [2.45, 2.75) is 19.3 Å². The van der Waals surface area contributed by atoms with Crippen LogP contribution in [0.5, 0.6) is 0 Å². The summed E-state index contributed by atoms with van der Waals surface area (Å²) in [6, 6.07) is 4.23. The summed E-state index contributed by atoms with van der Waals surface area (Å²) < 4.78 is 1.18. The van der Waals surface area contributed by atoms with Crippen molar-refractivity contribution < 1.29 is 0 Å². The third-order valence-electron chi connectivity index (χ3n) is 1.80. The van der Waals surface area contributed by atoms with Gasteiger partial charge in [-0.3, -0.25) is 0 Å². The number of hydrogen-bond acceptors (Lipinski definition) is 3. The molecule has 1 atom stereocenters. The zero-order valence-corrected chi connectivity index (χ0v) is 10.5. The first-order valence-corrected chi connectivity index (χ1v) is 6.59. The largest absolute Gasteiger partial charge is 0.185 e. The lowest BCUT2D eigenvalue weighted by atomic mass is 10.1. The monoisotopic (exact) mass is 275 g/mol. The van der Waals surface area contributed by atoms with E-state index in [1.54, 1.807) is 11.3 Å². The van der Waals surface area contributed by atoms with Gasteiger partial charge in [0.2, 0.25) is 0 Å². The van der Waals surface area contributed by atoms with Gasteiger partial charge in [-0.15, -0.1) is 11.3 Å². The third-order valence-corrected chi connectivity index (χ3v) is 4.22. The molecule has 0 aliphatic carbocycles. The van der Waals surface area contributed by atoms with Gasteiger partial charge in [-0.05, 0) is 52.2 Å². The number of thioether (sulfide) groups is 1. The van der Waals surface area contributed by atoms with Gasteiger partial charge in [0.25, 0.3) is 0 Å². The molecule has 0 radical (unpaired) electrons. The van der Waals surface area contributed by atoms with Gasteiger partial charge < -0.3 is 0 Å². The lowest BCUT2D eigenvalue weighted by Crippen LogP contribution is -1.91. The summed E-state index contributed by atoms with van der Waals surface area (Å²) in [7, 11) is 0. The second kappa shape index (κ2) is 5.69. The standard InChI is InChI=1S/C9H10BrNS2/c1-7(4-5-12-6-11)8-2-3-9(10)13-8/h2-3,7H,4-5H2,1H3. The van der Waals surface area contributed by atoms with Gasteiger partial charge in [0.15, 0.2) is 0 Å². The Morgan fingerprint density at radius 1 is 1.69 bits per heavy atom. The van der Waals surface area contributed by atoms with Crippen LogP contribution in [0.2, 0.25) is 0 Å². The van der Waals surface area contributed by atoms with Crippen LogP contribution < -0.4 is 0 Å². The summed E-state index contributed by atoms with van der Waals surface area (Å²) >= 11 is 6.56. The topological polar surface area (TPSA) is 23.8 Å². The molecule has 0 amide bonds. The van der Waals surface area contributed by atoms with Crippen LogP contribution in [0.15, 0.2) is 15.9 Å². The second-order valence-corrected chi connectivity index (χ2v) is 6.15. The average molecular weight is 276 g/mol. The zero-order chi connectivity index (χ0) is 9.68. The fourth-order valence-electron chi connectivity index (χ4n) is 1.02. The molecular formula is C9H10BrNS2. The molecule has 1 rings (SSSR count). The molecule has 0 fully saturated rings. The van der Waals surface area contributed by atoms with Crippen LogP contribution in [-0.4, -0.2) is 5.75 Å². The lowest BCUT2D eigenvalue weighted by Gasteiger charge is -2.05. The molecule has 0 N–H and O–H groups in total. The highest BCUT2D eigenvalue weighted by molar-refractivity contribution is 9.11. The Morgan fingerprint density at radius 2 is 2.46 bits per heavy atom. The highest BCUT2D eigenvalue weighted by Crippen LogP contribution is 2.30. The lowest BCUT2D eigenvalue weighted by molar-refractivity contribution is 0.756. The predicted octanol–water partition coefficient (Wildman–Crippen LogP) is 4.22.